The highest BCUT2D eigenvalue weighted by molar-refractivity contribution is 5.77. The first-order chi connectivity index (χ1) is 11.2. The van der Waals surface area contributed by atoms with Crippen molar-refractivity contribution in [2.75, 3.05) is 6.54 Å². The Morgan fingerprint density at radius 2 is 2.17 bits per heavy atom. The highest BCUT2D eigenvalue weighted by Crippen LogP contribution is 2.31. The molecule has 1 aromatic carbocycles. The maximum absolute atomic E-state index is 12.6. The number of nitrogens with zero attached hydrogens (tertiary/aromatic N) is 5. The van der Waals surface area contributed by atoms with Gasteiger partial charge in [-0.3, -0.25) is 4.79 Å². The lowest BCUT2D eigenvalue weighted by Gasteiger charge is -2.24. The molecular formula is C17H19N5O. The molecule has 118 valence electrons. The summed E-state index contributed by atoms with van der Waals surface area (Å²) in [5, 5.41) is 16.9. The molecule has 1 unspecified atom stereocenters. The van der Waals surface area contributed by atoms with Crippen molar-refractivity contribution >= 4 is 5.91 Å². The molecule has 0 radical (unpaired) electrons. The summed E-state index contributed by atoms with van der Waals surface area (Å²) in [5.74, 6) is 1.01. The molecule has 0 bridgehead atoms. The Balaban J connectivity index is 1.63. The molecule has 1 aliphatic rings. The zero-order valence-electron chi connectivity index (χ0n) is 13.1. The van der Waals surface area contributed by atoms with Gasteiger partial charge in [0, 0.05) is 20.0 Å². The third kappa shape index (κ3) is 3.24. The van der Waals surface area contributed by atoms with Gasteiger partial charge in [0.15, 0.2) is 5.82 Å². The van der Waals surface area contributed by atoms with E-state index < -0.39 is 0 Å². The van der Waals surface area contributed by atoms with E-state index in [1.807, 2.05) is 28.6 Å². The number of nitriles is 1. The Morgan fingerprint density at radius 1 is 1.39 bits per heavy atom. The van der Waals surface area contributed by atoms with Crippen LogP contribution >= 0.6 is 0 Å². The molecule has 1 saturated heterocycles. The van der Waals surface area contributed by atoms with Crippen molar-refractivity contribution in [1.29, 1.82) is 5.26 Å². The molecule has 0 N–H and O–H groups in total. The maximum Gasteiger partial charge on any atom is 0.223 e. The van der Waals surface area contributed by atoms with Gasteiger partial charge in [-0.25, -0.2) is 0 Å². The number of amides is 1. The standard InChI is InChI=1S/C17H19N5O/c1-21-12-19-20-17(21)15-3-2-10-22(15)16(23)9-8-13-4-6-14(11-18)7-5-13/h4-7,12,15H,2-3,8-10H2,1H3. The molecule has 1 aliphatic heterocycles. The predicted octanol–water partition coefficient (Wildman–Crippen LogP) is 1.98. The summed E-state index contributed by atoms with van der Waals surface area (Å²) in [5.41, 5.74) is 1.72. The van der Waals surface area contributed by atoms with Crippen LogP contribution in [0.4, 0.5) is 0 Å². The van der Waals surface area contributed by atoms with Gasteiger partial charge in [-0.15, -0.1) is 10.2 Å². The number of likely N-dealkylation sites (tertiary alicyclic amines) is 1. The van der Waals surface area contributed by atoms with E-state index in [9.17, 15) is 4.79 Å². The number of hydrogen-bond acceptors (Lipinski definition) is 4. The molecular weight excluding hydrogens is 290 g/mol. The van der Waals surface area contributed by atoms with Crippen LogP contribution < -0.4 is 0 Å². The minimum Gasteiger partial charge on any atom is -0.332 e. The Kier molecular flexibility index (Phi) is 4.38. The molecule has 1 amide bonds. The third-order valence-corrected chi connectivity index (χ3v) is 4.33. The summed E-state index contributed by atoms with van der Waals surface area (Å²) in [7, 11) is 1.91. The SMILES string of the molecule is Cn1cnnc1C1CCCN1C(=O)CCc1ccc(C#N)cc1. The lowest BCUT2D eigenvalue weighted by atomic mass is 10.1. The second-order valence-electron chi connectivity index (χ2n) is 5.85. The number of carbonyl (C=O) groups is 1. The minimum absolute atomic E-state index is 0.0379. The highest BCUT2D eigenvalue weighted by Gasteiger charge is 2.32. The second kappa shape index (κ2) is 6.61. The van der Waals surface area contributed by atoms with Crippen LogP contribution in [0.15, 0.2) is 30.6 Å². The second-order valence-corrected chi connectivity index (χ2v) is 5.85. The smallest absolute Gasteiger partial charge is 0.223 e. The fourth-order valence-corrected chi connectivity index (χ4v) is 3.07. The molecule has 2 aromatic rings. The van der Waals surface area contributed by atoms with E-state index in [0.717, 1.165) is 30.8 Å². The molecule has 0 spiro atoms. The van der Waals surface area contributed by atoms with Crippen LogP contribution in [0.5, 0.6) is 0 Å². The van der Waals surface area contributed by atoms with Crippen molar-refractivity contribution < 1.29 is 4.79 Å². The van der Waals surface area contributed by atoms with E-state index in [1.165, 1.54) is 0 Å². The molecule has 1 atom stereocenters. The first-order valence-electron chi connectivity index (χ1n) is 7.81. The van der Waals surface area contributed by atoms with Crippen LogP contribution in [0, 0.1) is 11.3 Å². The van der Waals surface area contributed by atoms with E-state index in [2.05, 4.69) is 16.3 Å². The van der Waals surface area contributed by atoms with Gasteiger partial charge in [0.25, 0.3) is 0 Å². The quantitative estimate of drug-likeness (QED) is 0.865. The highest BCUT2D eigenvalue weighted by atomic mass is 16.2. The summed E-state index contributed by atoms with van der Waals surface area (Å²) in [6, 6.07) is 9.54. The Labute approximate surface area is 135 Å². The molecule has 1 aromatic heterocycles. The normalized spacial score (nSPS) is 17.2. The van der Waals surface area contributed by atoms with Gasteiger partial charge < -0.3 is 9.47 Å². The van der Waals surface area contributed by atoms with Gasteiger partial charge in [0.05, 0.1) is 17.7 Å². The van der Waals surface area contributed by atoms with Crippen molar-refractivity contribution in [2.24, 2.45) is 7.05 Å². The Hall–Kier alpha value is -2.68. The lowest BCUT2D eigenvalue weighted by Crippen LogP contribution is -2.32. The van der Waals surface area contributed by atoms with Gasteiger partial charge in [-0.05, 0) is 37.0 Å². The van der Waals surface area contributed by atoms with Crippen molar-refractivity contribution in [2.45, 2.75) is 31.7 Å². The van der Waals surface area contributed by atoms with Crippen LogP contribution in [-0.4, -0.2) is 32.1 Å². The lowest BCUT2D eigenvalue weighted by molar-refractivity contribution is -0.132. The number of aromatic nitrogens is 3. The topological polar surface area (TPSA) is 74.8 Å². The summed E-state index contributed by atoms with van der Waals surface area (Å²) < 4.78 is 1.89. The zero-order valence-corrected chi connectivity index (χ0v) is 13.1. The molecule has 1 fully saturated rings. The monoisotopic (exact) mass is 309 g/mol. The van der Waals surface area contributed by atoms with Gasteiger partial charge in [0.1, 0.15) is 6.33 Å². The summed E-state index contributed by atoms with van der Waals surface area (Å²) >= 11 is 0. The van der Waals surface area contributed by atoms with Crippen molar-refractivity contribution in [3.63, 3.8) is 0 Å². The fourth-order valence-electron chi connectivity index (χ4n) is 3.07. The van der Waals surface area contributed by atoms with Crippen LogP contribution in [-0.2, 0) is 18.3 Å². The van der Waals surface area contributed by atoms with Crippen LogP contribution in [0.25, 0.3) is 0 Å². The summed E-state index contributed by atoms with van der Waals surface area (Å²) in [6.07, 6.45) is 4.77. The van der Waals surface area contributed by atoms with E-state index in [-0.39, 0.29) is 11.9 Å². The first-order valence-corrected chi connectivity index (χ1v) is 7.81. The average molecular weight is 309 g/mol. The predicted molar refractivity (Wildman–Crippen MR) is 84.2 cm³/mol. The molecule has 23 heavy (non-hydrogen) atoms. The average Bonchev–Trinajstić information content (AvgIpc) is 3.21. The maximum atomic E-state index is 12.6. The number of rotatable bonds is 4. The molecule has 3 rings (SSSR count). The van der Waals surface area contributed by atoms with Crippen LogP contribution in [0.2, 0.25) is 0 Å². The van der Waals surface area contributed by atoms with E-state index in [1.54, 1.807) is 18.5 Å². The molecule has 0 saturated carbocycles. The number of aryl methyl sites for hydroxylation is 2. The molecule has 6 nitrogen and oxygen atoms in total. The Bertz CT molecular complexity index is 728. The fraction of sp³-hybridized carbons (Fsp3) is 0.412. The number of benzene rings is 1. The molecule has 6 heteroatoms. The zero-order chi connectivity index (χ0) is 16.2. The first kappa shape index (κ1) is 15.2. The van der Waals surface area contributed by atoms with Crippen molar-refractivity contribution in [1.82, 2.24) is 19.7 Å². The van der Waals surface area contributed by atoms with Gasteiger partial charge >= 0.3 is 0 Å². The van der Waals surface area contributed by atoms with Crippen molar-refractivity contribution in [3.05, 3.63) is 47.5 Å². The van der Waals surface area contributed by atoms with Gasteiger partial charge in [-0.2, -0.15) is 5.26 Å². The number of carbonyl (C=O) groups excluding carboxylic acids is 1. The van der Waals surface area contributed by atoms with E-state index in [4.69, 9.17) is 5.26 Å². The van der Waals surface area contributed by atoms with Crippen LogP contribution in [0.1, 0.15) is 42.3 Å². The molecule has 2 heterocycles. The largest absolute Gasteiger partial charge is 0.332 e. The van der Waals surface area contributed by atoms with Gasteiger partial charge in [-0.1, -0.05) is 12.1 Å². The van der Waals surface area contributed by atoms with E-state index >= 15 is 0 Å². The van der Waals surface area contributed by atoms with Crippen molar-refractivity contribution in [3.8, 4) is 6.07 Å². The Morgan fingerprint density at radius 3 is 2.83 bits per heavy atom. The summed E-state index contributed by atoms with van der Waals surface area (Å²) in [6.45, 7) is 0.781. The summed E-state index contributed by atoms with van der Waals surface area (Å²) in [4.78, 5) is 14.5. The van der Waals surface area contributed by atoms with E-state index in [0.29, 0.717) is 18.4 Å². The molecule has 0 aliphatic carbocycles. The number of hydrogen-bond donors (Lipinski definition) is 0. The minimum atomic E-state index is 0.0379. The van der Waals surface area contributed by atoms with Gasteiger partial charge in [0.2, 0.25) is 5.91 Å². The third-order valence-electron chi connectivity index (χ3n) is 4.33. The van der Waals surface area contributed by atoms with Crippen LogP contribution in [0.3, 0.4) is 0 Å².